The number of hydrogen-bond donors (Lipinski definition) is 1. The van der Waals surface area contributed by atoms with Gasteiger partial charge >= 0.3 is 0 Å². The van der Waals surface area contributed by atoms with Crippen molar-refractivity contribution in [3.8, 4) is 0 Å². The highest BCUT2D eigenvalue weighted by Crippen LogP contribution is 2.73. The molecule has 5 aliphatic rings. The van der Waals surface area contributed by atoms with Gasteiger partial charge in [0.15, 0.2) is 23.3 Å². The minimum Gasteiger partial charge on any atom is -0.390 e. The molecular weight excluding hydrogens is 494 g/mol. The molecule has 0 aromatic carbocycles. The molecule has 0 bridgehead atoms. The van der Waals surface area contributed by atoms with Crippen molar-refractivity contribution in [3.05, 3.63) is 46.2 Å². The lowest BCUT2D eigenvalue weighted by molar-refractivity contribution is -0.232. The van der Waals surface area contributed by atoms with Gasteiger partial charge in [-0.05, 0) is 67.5 Å². The van der Waals surface area contributed by atoms with E-state index in [1.54, 1.807) is 13.2 Å². The van der Waals surface area contributed by atoms with Crippen LogP contribution in [0.25, 0.3) is 0 Å². The summed E-state index contributed by atoms with van der Waals surface area (Å²) in [7, 11) is 0. The first kappa shape index (κ1) is 24.0. The highest BCUT2D eigenvalue weighted by Gasteiger charge is 2.80. The summed E-state index contributed by atoms with van der Waals surface area (Å²) in [5.41, 5.74) is -5.91. The molecule has 0 amide bonds. The summed E-state index contributed by atoms with van der Waals surface area (Å²) >= 11 is 2.51. The summed E-state index contributed by atoms with van der Waals surface area (Å²) in [6, 6.07) is 3.77. The molecule has 9 heteroatoms. The van der Waals surface area contributed by atoms with Gasteiger partial charge in [-0.3, -0.25) is 9.59 Å². The molecule has 6 rings (SSSR count). The van der Waals surface area contributed by atoms with Crippen LogP contribution in [0.5, 0.6) is 0 Å². The quantitative estimate of drug-likeness (QED) is 0.606. The Morgan fingerprint density at radius 1 is 1.29 bits per heavy atom. The third kappa shape index (κ3) is 2.74. The number of ether oxygens (including phenoxy) is 2. The van der Waals surface area contributed by atoms with Crippen LogP contribution in [0.3, 0.4) is 0 Å². The number of alkyl halides is 2. The third-order valence-electron chi connectivity index (χ3n) is 9.63. The molecular formula is C26H28F2O5S2. The van der Waals surface area contributed by atoms with Gasteiger partial charge in [0, 0.05) is 16.7 Å². The Kier molecular flexibility index (Phi) is 5.19. The SMILES string of the molecule is CSC(=O)[C@@]12O[C@@H](c3cccs3)O[C@@H]1C[C@H]1[C@@H]3C[C@H](F)C4=CC(=O)C=C[C@]4(C)[C@@]3(F)[C@@H](O)C[C@@]12C. The second-order valence-electron chi connectivity index (χ2n) is 10.9. The zero-order valence-corrected chi connectivity index (χ0v) is 21.3. The third-order valence-corrected chi connectivity index (χ3v) is 11.2. The van der Waals surface area contributed by atoms with Gasteiger partial charge in [0.05, 0.1) is 17.1 Å². The van der Waals surface area contributed by atoms with Crippen LogP contribution in [0, 0.1) is 22.7 Å². The second kappa shape index (κ2) is 7.57. The van der Waals surface area contributed by atoms with Gasteiger partial charge in [0.25, 0.3) is 0 Å². The van der Waals surface area contributed by atoms with E-state index in [1.807, 2.05) is 24.4 Å². The molecule has 4 aliphatic carbocycles. The van der Waals surface area contributed by atoms with E-state index in [0.29, 0.717) is 6.42 Å². The average molecular weight is 523 g/mol. The summed E-state index contributed by atoms with van der Waals surface area (Å²) in [5.74, 6) is -1.71. The fraction of sp³-hybridized carbons (Fsp3) is 0.615. The minimum atomic E-state index is -2.20. The molecule has 0 unspecified atom stereocenters. The Bertz CT molecular complexity index is 1150. The number of fused-ring (bicyclic) bond motifs is 7. The molecule has 0 spiro atoms. The molecule has 2 heterocycles. The van der Waals surface area contributed by atoms with Gasteiger partial charge in [0.1, 0.15) is 6.17 Å². The molecule has 35 heavy (non-hydrogen) atoms. The van der Waals surface area contributed by atoms with Crippen molar-refractivity contribution in [3.63, 3.8) is 0 Å². The van der Waals surface area contributed by atoms with E-state index in [0.717, 1.165) is 16.6 Å². The maximum Gasteiger partial charge on any atom is 0.223 e. The molecule has 188 valence electrons. The van der Waals surface area contributed by atoms with E-state index < -0.39 is 58.6 Å². The van der Waals surface area contributed by atoms with Gasteiger partial charge in [-0.15, -0.1) is 11.3 Å². The van der Waals surface area contributed by atoms with Crippen LogP contribution in [-0.2, 0) is 19.1 Å². The van der Waals surface area contributed by atoms with Crippen LogP contribution in [-0.4, -0.2) is 51.9 Å². The molecule has 1 saturated heterocycles. The lowest BCUT2D eigenvalue weighted by Crippen LogP contribution is -2.70. The number of carbonyl (C=O) groups is 2. The molecule has 10 atom stereocenters. The van der Waals surface area contributed by atoms with Gasteiger partial charge in [-0.25, -0.2) is 8.78 Å². The van der Waals surface area contributed by atoms with Crippen LogP contribution in [0.15, 0.2) is 41.3 Å². The summed E-state index contributed by atoms with van der Waals surface area (Å²) < 4.78 is 45.8. The number of aliphatic hydroxyl groups is 1. The fourth-order valence-corrected chi connectivity index (χ4v) is 9.40. The van der Waals surface area contributed by atoms with Crippen LogP contribution in [0.2, 0.25) is 0 Å². The van der Waals surface area contributed by atoms with Gasteiger partial charge < -0.3 is 14.6 Å². The van der Waals surface area contributed by atoms with E-state index in [-0.39, 0.29) is 29.3 Å². The maximum atomic E-state index is 17.3. The first-order valence-electron chi connectivity index (χ1n) is 11.9. The van der Waals surface area contributed by atoms with Crippen molar-refractivity contribution in [2.24, 2.45) is 22.7 Å². The van der Waals surface area contributed by atoms with Crippen molar-refractivity contribution in [1.82, 2.24) is 0 Å². The van der Waals surface area contributed by atoms with Crippen molar-refractivity contribution < 1.29 is 33.0 Å². The average Bonchev–Trinajstić information content (AvgIpc) is 3.52. The molecule has 1 aliphatic heterocycles. The summed E-state index contributed by atoms with van der Waals surface area (Å²) in [5, 5.41) is 13.2. The number of rotatable bonds is 2. The Balaban J connectivity index is 1.46. The number of ketones is 1. The number of thioether (sulfide) groups is 1. The number of aliphatic hydroxyl groups excluding tert-OH is 1. The van der Waals surface area contributed by atoms with Crippen molar-refractivity contribution in [2.45, 2.75) is 69.0 Å². The standard InChI is InChI=1S/C26H28F2O5S2/c1-23-7-6-13(29)9-16(23)17(27)10-15-14-11-20-26(22(31)34-3,24(14,2)12-19(30)25(15,23)28)33-21(32-20)18-5-4-8-35-18/h4-9,14-15,17,19-21,30H,10-12H2,1-3H3/t14-,15-,17-,19-,20+,21-,23-,24-,25-,26-/m0/s1. The summed E-state index contributed by atoms with van der Waals surface area (Å²) in [6.45, 7) is 3.45. The Morgan fingerprint density at radius 3 is 2.74 bits per heavy atom. The maximum absolute atomic E-state index is 17.3. The molecule has 4 fully saturated rings. The summed E-state index contributed by atoms with van der Waals surface area (Å²) in [6.07, 6.45) is 1.33. The zero-order valence-electron chi connectivity index (χ0n) is 19.7. The topological polar surface area (TPSA) is 72.8 Å². The first-order valence-corrected chi connectivity index (χ1v) is 14.0. The van der Waals surface area contributed by atoms with Crippen LogP contribution < -0.4 is 0 Å². The molecule has 0 radical (unpaired) electrons. The highest BCUT2D eigenvalue weighted by molar-refractivity contribution is 8.13. The predicted octanol–water partition coefficient (Wildman–Crippen LogP) is 4.72. The van der Waals surface area contributed by atoms with E-state index >= 15 is 8.78 Å². The van der Waals surface area contributed by atoms with E-state index in [9.17, 15) is 14.7 Å². The Hall–Kier alpha value is -1.39. The highest BCUT2D eigenvalue weighted by atomic mass is 32.2. The molecule has 1 N–H and O–H groups in total. The first-order chi connectivity index (χ1) is 16.5. The number of halogens is 2. The van der Waals surface area contributed by atoms with E-state index in [4.69, 9.17) is 9.47 Å². The summed E-state index contributed by atoms with van der Waals surface area (Å²) in [4.78, 5) is 26.4. The van der Waals surface area contributed by atoms with Crippen LogP contribution in [0.1, 0.15) is 44.3 Å². The van der Waals surface area contributed by atoms with Crippen molar-refractivity contribution in [2.75, 3.05) is 6.26 Å². The number of allylic oxidation sites excluding steroid dienone is 4. The van der Waals surface area contributed by atoms with Crippen LogP contribution in [0.4, 0.5) is 8.78 Å². The smallest absolute Gasteiger partial charge is 0.223 e. The van der Waals surface area contributed by atoms with Crippen LogP contribution >= 0.6 is 23.1 Å². The number of carbonyl (C=O) groups excluding carboxylic acids is 2. The van der Waals surface area contributed by atoms with Crippen molar-refractivity contribution in [1.29, 1.82) is 0 Å². The van der Waals surface area contributed by atoms with E-state index in [2.05, 4.69) is 0 Å². The molecule has 3 saturated carbocycles. The molecule has 1 aromatic heterocycles. The monoisotopic (exact) mass is 522 g/mol. The minimum absolute atomic E-state index is 0.0321. The zero-order chi connectivity index (χ0) is 25.0. The largest absolute Gasteiger partial charge is 0.390 e. The second-order valence-corrected chi connectivity index (χ2v) is 12.7. The Morgan fingerprint density at radius 2 is 2.06 bits per heavy atom. The fourth-order valence-electron chi connectivity index (χ4n) is 8.00. The van der Waals surface area contributed by atoms with Gasteiger partial charge in [-0.1, -0.05) is 30.8 Å². The van der Waals surface area contributed by atoms with E-state index in [1.165, 1.54) is 29.6 Å². The van der Waals surface area contributed by atoms with Gasteiger partial charge in [0.2, 0.25) is 5.12 Å². The Labute approximate surface area is 210 Å². The predicted molar refractivity (Wildman–Crippen MR) is 128 cm³/mol. The van der Waals surface area contributed by atoms with Gasteiger partial charge in [-0.2, -0.15) is 0 Å². The molecule has 1 aromatic rings. The number of hydrogen-bond acceptors (Lipinski definition) is 7. The number of thiophene rings is 1. The van der Waals surface area contributed by atoms with Crippen molar-refractivity contribution >= 4 is 34.0 Å². The lowest BCUT2D eigenvalue weighted by atomic mass is 9.44. The lowest BCUT2D eigenvalue weighted by Gasteiger charge is -2.63. The molecule has 5 nitrogen and oxygen atoms in total. The normalized spacial score (nSPS) is 50.2.